The Labute approximate surface area is 195 Å². The van der Waals surface area contributed by atoms with Crippen LogP contribution in [0.5, 0.6) is 0 Å². The number of aromatic nitrogens is 2. The molecule has 34 heavy (non-hydrogen) atoms. The molecule has 0 saturated carbocycles. The number of fused-ring (bicyclic) bond motifs is 1. The van der Waals surface area contributed by atoms with Gasteiger partial charge in [0.2, 0.25) is 0 Å². The fourth-order valence-electron chi connectivity index (χ4n) is 4.24. The number of alkyl halides is 3. The first-order chi connectivity index (χ1) is 16.1. The van der Waals surface area contributed by atoms with Gasteiger partial charge in [0.15, 0.2) is 0 Å². The number of anilines is 1. The molecule has 1 aromatic heterocycles. The predicted octanol–water partition coefficient (Wildman–Crippen LogP) is 4.90. The summed E-state index contributed by atoms with van der Waals surface area (Å²) in [4.78, 5) is 15.2. The van der Waals surface area contributed by atoms with E-state index < -0.39 is 11.7 Å². The number of halogens is 3. The molecule has 1 aliphatic rings. The van der Waals surface area contributed by atoms with E-state index in [0.29, 0.717) is 47.8 Å². The third-order valence-corrected chi connectivity index (χ3v) is 6.08. The van der Waals surface area contributed by atoms with Gasteiger partial charge in [0.25, 0.3) is 5.91 Å². The van der Waals surface area contributed by atoms with E-state index in [0.717, 1.165) is 23.3 Å². The standard InChI is InChI=1S/C25H24F3N5O/c1-15-12-19(6-7-20(15)13-29)16(2)30-23(34)22-17(3)31-33-11-10-32(24(22)33)14-18-4-8-21(9-5-18)25(26,27)28/h4-9,12,16H,10-11,14H2,1-3H3,(H,30,34)/t16-/m0/s1. The Morgan fingerprint density at radius 1 is 1.18 bits per heavy atom. The Balaban J connectivity index is 1.54. The van der Waals surface area contributed by atoms with Gasteiger partial charge < -0.3 is 10.2 Å². The molecule has 1 atom stereocenters. The highest BCUT2D eigenvalue weighted by atomic mass is 19.4. The van der Waals surface area contributed by atoms with Crippen LogP contribution in [0.2, 0.25) is 0 Å². The highest BCUT2D eigenvalue weighted by Crippen LogP contribution is 2.32. The third kappa shape index (κ3) is 4.49. The normalized spacial score (nSPS) is 14.0. The molecule has 2 heterocycles. The minimum atomic E-state index is -4.38. The first kappa shape index (κ1) is 23.4. The molecule has 176 valence electrons. The van der Waals surface area contributed by atoms with Crippen LogP contribution in [0.25, 0.3) is 0 Å². The fourth-order valence-corrected chi connectivity index (χ4v) is 4.24. The SMILES string of the molecule is Cc1cc([C@H](C)NC(=O)c2c(C)nn3c2N(Cc2ccc(C(F)(F)F)cc2)CC3)ccc1C#N. The van der Waals surface area contributed by atoms with Crippen LogP contribution in [-0.4, -0.2) is 22.2 Å². The third-order valence-electron chi connectivity index (χ3n) is 6.08. The van der Waals surface area contributed by atoms with Crippen LogP contribution in [0.15, 0.2) is 42.5 Å². The van der Waals surface area contributed by atoms with Crippen LogP contribution in [0.3, 0.4) is 0 Å². The zero-order chi connectivity index (χ0) is 24.6. The van der Waals surface area contributed by atoms with Gasteiger partial charge in [0.1, 0.15) is 11.4 Å². The predicted molar refractivity (Wildman–Crippen MR) is 121 cm³/mol. The lowest BCUT2D eigenvalue weighted by Crippen LogP contribution is -2.29. The number of aryl methyl sites for hydroxylation is 2. The highest BCUT2D eigenvalue weighted by Gasteiger charge is 2.32. The van der Waals surface area contributed by atoms with Crippen LogP contribution < -0.4 is 10.2 Å². The van der Waals surface area contributed by atoms with Crippen molar-refractivity contribution < 1.29 is 18.0 Å². The van der Waals surface area contributed by atoms with E-state index in [-0.39, 0.29) is 11.9 Å². The first-order valence-electron chi connectivity index (χ1n) is 10.9. The van der Waals surface area contributed by atoms with Gasteiger partial charge in [0.05, 0.1) is 35.5 Å². The summed E-state index contributed by atoms with van der Waals surface area (Å²) < 4.78 is 40.4. The van der Waals surface area contributed by atoms with Gasteiger partial charge >= 0.3 is 6.18 Å². The smallest absolute Gasteiger partial charge is 0.350 e. The fraction of sp³-hybridized carbons (Fsp3) is 0.320. The van der Waals surface area contributed by atoms with Crippen LogP contribution in [0.1, 0.15) is 56.8 Å². The number of hydrogen-bond acceptors (Lipinski definition) is 4. The van der Waals surface area contributed by atoms with Crippen molar-refractivity contribution in [3.05, 3.63) is 81.5 Å². The molecule has 9 heteroatoms. The second kappa shape index (κ2) is 8.86. The molecule has 1 aliphatic heterocycles. The zero-order valence-corrected chi connectivity index (χ0v) is 19.1. The molecule has 2 aromatic carbocycles. The van der Waals surface area contributed by atoms with E-state index in [1.165, 1.54) is 12.1 Å². The van der Waals surface area contributed by atoms with Gasteiger partial charge in [-0.1, -0.05) is 24.3 Å². The first-order valence-corrected chi connectivity index (χ1v) is 10.9. The molecule has 6 nitrogen and oxygen atoms in total. The Bertz CT molecular complexity index is 1270. The summed E-state index contributed by atoms with van der Waals surface area (Å²) in [6, 6.07) is 12.4. The summed E-state index contributed by atoms with van der Waals surface area (Å²) >= 11 is 0. The number of nitrogens with one attached hydrogen (secondary N) is 1. The molecule has 4 rings (SSSR count). The Hall–Kier alpha value is -3.80. The minimum absolute atomic E-state index is 0.271. The molecule has 0 fully saturated rings. The van der Waals surface area contributed by atoms with Gasteiger partial charge in [-0.2, -0.15) is 23.5 Å². The maximum atomic E-state index is 13.3. The van der Waals surface area contributed by atoms with Gasteiger partial charge in [-0.25, -0.2) is 4.68 Å². The van der Waals surface area contributed by atoms with Crippen molar-refractivity contribution >= 4 is 11.7 Å². The quantitative estimate of drug-likeness (QED) is 0.579. The van der Waals surface area contributed by atoms with Crippen LogP contribution in [0.4, 0.5) is 19.0 Å². The van der Waals surface area contributed by atoms with Crippen molar-refractivity contribution in [1.29, 1.82) is 5.26 Å². The van der Waals surface area contributed by atoms with Crippen molar-refractivity contribution in [2.75, 3.05) is 11.4 Å². The summed E-state index contributed by atoms with van der Waals surface area (Å²) in [5.41, 5.74) is 3.39. The summed E-state index contributed by atoms with van der Waals surface area (Å²) in [5.74, 6) is 0.394. The van der Waals surface area contributed by atoms with Crippen molar-refractivity contribution in [2.45, 2.75) is 46.1 Å². The minimum Gasteiger partial charge on any atom is -0.350 e. The van der Waals surface area contributed by atoms with E-state index in [4.69, 9.17) is 5.26 Å². The molecule has 0 saturated heterocycles. The summed E-state index contributed by atoms with van der Waals surface area (Å²) in [7, 11) is 0. The Morgan fingerprint density at radius 2 is 1.88 bits per heavy atom. The van der Waals surface area contributed by atoms with Gasteiger partial charge in [-0.3, -0.25) is 4.79 Å². The average Bonchev–Trinajstić information content (AvgIpc) is 3.31. The van der Waals surface area contributed by atoms with E-state index in [1.54, 1.807) is 17.7 Å². The van der Waals surface area contributed by atoms with E-state index >= 15 is 0 Å². The number of nitriles is 1. The highest BCUT2D eigenvalue weighted by molar-refractivity contribution is 6.00. The van der Waals surface area contributed by atoms with Crippen LogP contribution >= 0.6 is 0 Å². The van der Waals surface area contributed by atoms with Crippen molar-refractivity contribution in [1.82, 2.24) is 15.1 Å². The second-order valence-electron chi connectivity index (χ2n) is 8.50. The van der Waals surface area contributed by atoms with Crippen molar-refractivity contribution in [3.63, 3.8) is 0 Å². The lowest BCUT2D eigenvalue weighted by atomic mass is 10.0. The molecule has 3 aromatic rings. The number of carbonyl (C=O) groups excluding carboxylic acids is 1. The van der Waals surface area contributed by atoms with Crippen molar-refractivity contribution in [2.24, 2.45) is 0 Å². The number of hydrogen-bond donors (Lipinski definition) is 1. The molecule has 1 amide bonds. The Kier molecular flexibility index (Phi) is 6.09. The summed E-state index contributed by atoms with van der Waals surface area (Å²) in [5, 5.41) is 16.6. The van der Waals surface area contributed by atoms with Gasteiger partial charge in [-0.15, -0.1) is 0 Å². The van der Waals surface area contributed by atoms with E-state index in [1.807, 2.05) is 30.9 Å². The molecule has 0 unspecified atom stereocenters. The van der Waals surface area contributed by atoms with Crippen LogP contribution in [0, 0.1) is 25.2 Å². The molecular weight excluding hydrogens is 443 g/mol. The van der Waals surface area contributed by atoms with E-state index in [2.05, 4.69) is 16.5 Å². The number of rotatable bonds is 5. The zero-order valence-electron chi connectivity index (χ0n) is 19.1. The number of nitrogens with zero attached hydrogens (tertiary/aromatic N) is 4. The molecule has 1 N–H and O–H groups in total. The van der Waals surface area contributed by atoms with Gasteiger partial charge in [0, 0.05) is 13.1 Å². The van der Waals surface area contributed by atoms with Crippen LogP contribution in [-0.2, 0) is 19.3 Å². The number of amides is 1. The summed E-state index contributed by atoms with van der Waals surface area (Å²) in [6.45, 7) is 7.06. The lowest BCUT2D eigenvalue weighted by molar-refractivity contribution is -0.137. The maximum Gasteiger partial charge on any atom is 0.416 e. The largest absolute Gasteiger partial charge is 0.416 e. The molecule has 0 spiro atoms. The molecule has 0 bridgehead atoms. The van der Waals surface area contributed by atoms with Gasteiger partial charge in [-0.05, 0) is 55.7 Å². The molecule has 0 radical (unpaired) electrons. The molecular formula is C25H24F3N5O. The number of benzene rings is 2. The van der Waals surface area contributed by atoms with Crippen molar-refractivity contribution in [3.8, 4) is 6.07 Å². The topological polar surface area (TPSA) is 74.0 Å². The lowest BCUT2D eigenvalue weighted by Gasteiger charge is -2.21. The second-order valence-corrected chi connectivity index (χ2v) is 8.50. The summed E-state index contributed by atoms with van der Waals surface area (Å²) in [6.07, 6.45) is -4.38. The monoisotopic (exact) mass is 467 g/mol. The molecule has 0 aliphatic carbocycles. The number of carbonyl (C=O) groups is 1. The average molecular weight is 467 g/mol. The maximum absolute atomic E-state index is 13.3. The Morgan fingerprint density at radius 3 is 2.50 bits per heavy atom. The van der Waals surface area contributed by atoms with E-state index in [9.17, 15) is 18.0 Å².